The molecule has 2 aliphatic rings. The Balaban J connectivity index is 1.59. The molecule has 1 aromatic carbocycles. The van der Waals surface area contributed by atoms with Crippen LogP contribution >= 0.6 is 11.8 Å². The molecule has 1 aliphatic carbocycles. The van der Waals surface area contributed by atoms with Gasteiger partial charge in [0.05, 0.1) is 0 Å². The van der Waals surface area contributed by atoms with Crippen molar-refractivity contribution in [1.29, 1.82) is 0 Å². The molecule has 2 unspecified atom stereocenters. The molecule has 2 heteroatoms. The molecular weight excluding hydrogens is 250 g/mol. The minimum absolute atomic E-state index is 0.225. The SMILES string of the molecule is C=CC(C)(CNC1CC1)CC1Cc2ccccc2S1. The van der Waals surface area contributed by atoms with Gasteiger partial charge in [-0.1, -0.05) is 31.2 Å². The first-order valence-corrected chi connectivity index (χ1v) is 8.18. The zero-order valence-corrected chi connectivity index (χ0v) is 12.5. The summed E-state index contributed by atoms with van der Waals surface area (Å²) in [4.78, 5) is 1.48. The topological polar surface area (TPSA) is 12.0 Å². The predicted octanol–water partition coefficient (Wildman–Crippen LogP) is 4.04. The molecule has 1 heterocycles. The number of hydrogen-bond acceptors (Lipinski definition) is 2. The Labute approximate surface area is 120 Å². The molecule has 2 atom stereocenters. The average molecular weight is 273 g/mol. The van der Waals surface area contributed by atoms with Gasteiger partial charge in [0, 0.05) is 22.7 Å². The molecule has 19 heavy (non-hydrogen) atoms. The van der Waals surface area contributed by atoms with Crippen molar-refractivity contribution < 1.29 is 0 Å². The molecule has 1 fully saturated rings. The van der Waals surface area contributed by atoms with Crippen LogP contribution in [0, 0.1) is 5.41 Å². The summed E-state index contributed by atoms with van der Waals surface area (Å²) in [5, 5.41) is 4.37. The van der Waals surface area contributed by atoms with Crippen LogP contribution in [0.4, 0.5) is 0 Å². The summed E-state index contributed by atoms with van der Waals surface area (Å²) in [6.07, 6.45) is 7.31. The lowest BCUT2D eigenvalue weighted by Crippen LogP contribution is -2.33. The van der Waals surface area contributed by atoms with Crippen molar-refractivity contribution in [2.45, 2.75) is 48.8 Å². The Kier molecular flexibility index (Phi) is 3.72. The van der Waals surface area contributed by atoms with Gasteiger partial charge in [0.2, 0.25) is 0 Å². The molecule has 0 amide bonds. The van der Waals surface area contributed by atoms with Crippen molar-refractivity contribution in [3.63, 3.8) is 0 Å². The molecule has 3 rings (SSSR count). The first kappa shape index (κ1) is 13.3. The van der Waals surface area contributed by atoms with E-state index in [1.807, 2.05) is 0 Å². The molecule has 1 aliphatic heterocycles. The van der Waals surface area contributed by atoms with Gasteiger partial charge in [0.1, 0.15) is 0 Å². The van der Waals surface area contributed by atoms with E-state index in [-0.39, 0.29) is 5.41 Å². The van der Waals surface area contributed by atoms with Crippen LogP contribution < -0.4 is 5.32 Å². The fourth-order valence-corrected chi connectivity index (χ4v) is 4.33. The third kappa shape index (κ3) is 3.24. The number of benzene rings is 1. The molecule has 1 N–H and O–H groups in total. The number of fused-ring (bicyclic) bond motifs is 1. The summed E-state index contributed by atoms with van der Waals surface area (Å²) >= 11 is 2.05. The molecule has 0 spiro atoms. The highest BCUT2D eigenvalue weighted by molar-refractivity contribution is 8.00. The molecule has 0 saturated heterocycles. The molecular formula is C17H23NS. The second-order valence-corrected chi connectivity index (χ2v) is 7.61. The van der Waals surface area contributed by atoms with Gasteiger partial charge in [0.25, 0.3) is 0 Å². The molecule has 0 bridgehead atoms. The molecule has 0 aromatic heterocycles. The van der Waals surface area contributed by atoms with Crippen LogP contribution in [0.15, 0.2) is 41.8 Å². The van der Waals surface area contributed by atoms with Gasteiger partial charge in [-0.05, 0) is 42.7 Å². The van der Waals surface area contributed by atoms with Crippen LogP contribution in [-0.4, -0.2) is 17.8 Å². The summed E-state index contributed by atoms with van der Waals surface area (Å²) in [5.74, 6) is 0. The quantitative estimate of drug-likeness (QED) is 0.785. The Morgan fingerprint density at radius 3 is 2.89 bits per heavy atom. The van der Waals surface area contributed by atoms with Crippen molar-refractivity contribution in [2.75, 3.05) is 6.54 Å². The number of thioether (sulfide) groups is 1. The van der Waals surface area contributed by atoms with Crippen molar-refractivity contribution in [1.82, 2.24) is 5.32 Å². The van der Waals surface area contributed by atoms with Crippen LogP contribution in [-0.2, 0) is 6.42 Å². The number of rotatable bonds is 6. The lowest BCUT2D eigenvalue weighted by molar-refractivity contribution is 0.359. The normalized spacial score (nSPS) is 24.8. The summed E-state index contributed by atoms with van der Waals surface area (Å²) in [6, 6.07) is 9.62. The van der Waals surface area contributed by atoms with Crippen LogP contribution in [0.1, 0.15) is 31.7 Å². The fraction of sp³-hybridized carbons (Fsp3) is 0.529. The maximum absolute atomic E-state index is 4.07. The van der Waals surface area contributed by atoms with Crippen LogP contribution in [0.3, 0.4) is 0 Å². The minimum Gasteiger partial charge on any atom is -0.313 e. The second-order valence-electron chi connectivity index (χ2n) is 6.27. The highest BCUT2D eigenvalue weighted by atomic mass is 32.2. The minimum atomic E-state index is 0.225. The van der Waals surface area contributed by atoms with Crippen LogP contribution in [0.25, 0.3) is 0 Å². The van der Waals surface area contributed by atoms with E-state index >= 15 is 0 Å². The lowest BCUT2D eigenvalue weighted by atomic mass is 9.84. The third-order valence-electron chi connectivity index (χ3n) is 4.27. The van der Waals surface area contributed by atoms with Crippen LogP contribution in [0.5, 0.6) is 0 Å². The molecule has 102 valence electrons. The van der Waals surface area contributed by atoms with Gasteiger partial charge in [-0.15, -0.1) is 18.3 Å². The zero-order valence-electron chi connectivity index (χ0n) is 11.7. The Bertz CT molecular complexity index is 441. The summed E-state index contributed by atoms with van der Waals surface area (Å²) < 4.78 is 0. The van der Waals surface area contributed by atoms with Gasteiger partial charge in [0.15, 0.2) is 0 Å². The fourth-order valence-electron chi connectivity index (χ4n) is 2.78. The van der Waals surface area contributed by atoms with E-state index < -0.39 is 0 Å². The van der Waals surface area contributed by atoms with E-state index in [2.05, 4.69) is 60.9 Å². The van der Waals surface area contributed by atoms with Gasteiger partial charge in [-0.3, -0.25) is 0 Å². The van der Waals surface area contributed by atoms with Gasteiger partial charge in [-0.25, -0.2) is 0 Å². The third-order valence-corrected chi connectivity index (χ3v) is 5.59. The van der Waals surface area contributed by atoms with Gasteiger partial charge >= 0.3 is 0 Å². The van der Waals surface area contributed by atoms with Crippen molar-refractivity contribution in [3.05, 3.63) is 42.5 Å². The first-order chi connectivity index (χ1) is 9.18. The molecule has 1 aromatic rings. The maximum atomic E-state index is 4.07. The van der Waals surface area contributed by atoms with E-state index in [0.717, 1.165) is 12.6 Å². The summed E-state index contributed by atoms with van der Waals surface area (Å²) in [6.45, 7) is 7.50. The maximum Gasteiger partial charge on any atom is 0.0144 e. The highest BCUT2D eigenvalue weighted by Crippen LogP contribution is 2.42. The van der Waals surface area contributed by atoms with Crippen LogP contribution in [0.2, 0.25) is 0 Å². The van der Waals surface area contributed by atoms with E-state index in [9.17, 15) is 0 Å². The van der Waals surface area contributed by atoms with E-state index in [1.165, 1.54) is 36.1 Å². The number of hydrogen-bond donors (Lipinski definition) is 1. The van der Waals surface area contributed by atoms with E-state index in [1.54, 1.807) is 0 Å². The largest absolute Gasteiger partial charge is 0.313 e. The first-order valence-electron chi connectivity index (χ1n) is 7.30. The van der Waals surface area contributed by atoms with E-state index in [0.29, 0.717) is 5.25 Å². The molecule has 1 saturated carbocycles. The lowest BCUT2D eigenvalue weighted by Gasteiger charge is -2.29. The predicted molar refractivity (Wildman–Crippen MR) is 83.7 cm³/mol. The number of nitrogens with one attached hydrogen (secondary N) is 1. The van der Waals surface area contributed by atoms with Crippen molar-refractivity contribution in [2.24, 2.45) is 5.41 Å². The van der Waals surface area contributed by atoms with Crippen molar-refractivity contribution >= 4 is 11.8 Å². The molecule has 0 radical (unpaired) electrons. The van der Waals surface area contributed by atoms with Gasteiger partial charge in [-0.2, -0.15) is 0 Å². The van der Waals surface area contributed by atoms with Gasteiger partial charge < -0.3 is 5.32 Å². The average Bonchev–Trinajstić information content (AvgIpc) is 3.16. The Hall–Kier alpha value is -0.730. The highest BCUT2D eigenvalue weighted by Gasteiger charge is 2.31. The van der Waals surface area contributed by atoms with Crippen molar-refractivity contribution in [3.8, 4) is 0 Å². The Morgan fingerprint density at radius 1 is 1.42 bits per heavy atom. The summed E-state index contributed by atoms with van der Waals surface area (Å²) in [7, 11) is 0. The smallest absolute Gasteiger partial charge is 0.0144 e. The summed E-state index contributed by atoms with van der Waals surface area (Å²) in [5.41, 5.74) is 1.75. The monoisotopic (exact) mass is 273 g/mol. The zero-order chi connectivity index (χ0) is 13.3. The second kappa shape index (κ2) is 5.34. The molecule has 1 nitrogen and oxygen atoms in total. The standard InChI is InChI=1S/C17H23NS/c1-3-17(2,12-18-14-8-9-14)11-15-10-13-6-4-5-7-16(13)19-15/h3-7,14-15,18H,1,8-12H2,2H3. The van der Waals surface area contributed by atoms with E-state index in [4.69, 9.17) is 0 Å². The Morgan fingerprint density at radius 2 is 2.21 bits per heavy atom.